The summed E-state index contributed by atoms with van der Waals surface area (Å²) in [6, 6.07) is 5.05. The van der Waals surface area contributed by atoms with Crippen molar-refractivity contribution >= 4 is 11.8 Å². The number of nitrogens with zero attached hydrogens (tertiary/aromatic N) is 2. The number of benzene rings is 1. The van der Waals surface area contributed by atoms with Gasteiger partial charge in [-0.05, 0) is 37.5 Å². The second-order valence-electron chi connectivity index (χ2n) is 6.14. The molecule has 3 rings (SSSR count). The number of amides is 2. The fourth-order valence-corrected chi connectivity index (χ4v) is 3.10. The highest BCUT2D eigenvalue weighted by Crippen LogP contribution is 2.21. The first-order valence-corrected chi connectivity index (χ1v) is 8.05. The molecule has 23 heavy (non-hydrogen) atoms. The number of ether oxygens (including phenoxy) is 1. The maximum atomic E-state index is 12.5. The molecular weight excluding hydrogens is 296 g/mol. The van der Waals surface area contributed by atoms with Crippen molar-refractivity contribution in [2.75, 3.05) is 32.8 Å². The van der Waals surface area contributed by atoms with Gasteiger partial charge in [-0.15, -0.1) is 0 Å². The van der Waals surface area contributed by atoms with Gasteiger partial charge >= 0.3 is 0 Å². The van der Waals surface area contributed by atoms with E-state index in [9.17, 15) is 14.7 Å². The van der Waals surface area contributed by atoms with E-state index in [1.54, 1.807) is 21.9 Å². The Kier molecular flexibility index (Phi) is 4.52. The van der Waals surface area contributed by atoms with E-state index in [4.69, 9.17) is 4.74 Å². The molecule has 1 aromatic carbocycles. The maximum absolute atomic E-state index is 12.5. The lowest BCUT2D eigenvalue weighted by Gasteiger charge is -2.35. The zero-order valence-electron chi connectivity index (χ0n) is 13.3. The van der Waals surface area contributed by atoms with Crippen LogP contribution in [0.1, 0.15) is 28.8 Å². The Morgan fingerprint density at radius 3 is 2.48 bits per heavy atom. The first kappa shape index (κ1) is 15.8. The van der Waals surface area contributed by atoms with Gasteiger partial charge in [0.2, 0.25) is 0 Å². The van der Waals surface area contributed by atoms with E-state index in [0.29, 0.717) is 38.3 Å². The summed E-state index contributed by atoms with van der Waals surface area (Å²) < 4.78 is 5.43. The molecule has 6 nitrogen and oxygen atoms in total. The van der Waals surface area contributed by atoms with Crippen LogP contribution < -0.4 is 0 Å². The van der Waals surface area contributed by atoms with Crippen molar-refractivity contribution in [3.63, 3.8) is 0 Å². The highest BCUT2D eigenvalue weighted by atomic mass is 16.5. The molecule has 1 atom stereocenters. The molecule has 0 bridgehead atoms. The highest BCUT2D eigenvalue weighted by molar-refractivity contribution is 5.97. The zero-order valence-corrected chi connectivity index (χ0v) is 13.3. The number of carbonyl (C=O) groups excluding carboxylic acids is 2. The molecule has 2 amide bonds. The van der Waals surface area contributed by atoms with Crippen LogP contribution in [0.2, 0.25) is 0 Å². The predicted molar refractivity (Wildman–Crippen MR) is 84.3 cm³/mol. The van der Waals surface area contributed by atoms with Crippen molar-refractivity contribution in [3.05, 3.63) is 29.3 Å². The monoisotopic (exact) mass is 318 g/mol. The summed E-state index contributed by atoms with van der Waals surface area (Å²) in [5, 5.41) is 9.95. The van der Waals surface area contributed by atoms with Crippen molar-refractivity contribution in [1.29, 1.82) is 0 Å². The second-order valence-corrected chi connectivity index (χ2v) is 6.14. The van der Waals surface area contributed by atoms with Gasteiger partial charge in [-0.3, -0.25) is 9.59 Å². The molecule has 6 heteroatoms. The minimum absolute atomic E-state index is 0.00728. The van der Waals surface area contributed by atoms with Crippen molar-refractivity contribution in [1.82, 2.24) is 9.80 Å². The number of aryl methyl sites for hydroxylation is 1. The molecule has 0 radical (unpaired) electrons. The third kappa shape index (κ3) is 3.32. The van der Waals surface area contributed by atoms with Crippen LogP contribution in [0.5, 0.6) is 5.75 Å². The number of hydrogen-bond donors (Lipinski definition) is 1. The van der Waals surface area contributed by atoms with Gasteiger partial charge in [0.15, 0.2) is 0 Å². The molecule has 1 aromatic rings. The highest BCUT2D eigenvalue weighted by Gasteiger charge is 2.31. The third-order valence-corrected chi connectivity index (χ3v) is 4.47. The topological polar surface area (TPSA) is 70.1 Å². The van der Waals surface area contributed by atoms with Crippen molar-refractivity contribution in [2.24, 2.45) is 0 Å². The van der Waals surface area contributed by atoms with Crippen LogP contribution in [0.4, 0.5) is 0 Å². The van der Waals surface area contributed by atoms with E-state index >= 15 is 0 Å². The Morgan fingerprint density at radius 1 is 1.17 bits per heavy atom. The van der Waals surface area contributed by atoms with Crippen molar-refractivity contribution < 1.29 is 19.4 Å². The third-order valence-electron chi connectivity index (χ3n) is 4.47. The average molecular weight is 318 g/mol. The minimum Gasteiger partial charge on any atom is -0.507 e. The summed E-state index contributed by atoms with van der Waals surface area (Å²) in [6.07, 6.45) is 1.41. The molecule has 2 fully saturated rings. The zero-order chi connectivity index (χ0) is 16.4. The summed E-state index contributed by atoms with van der Waals surface area (Å²) in [4.78, 5) is 28.3. The van der Waals surface area contributed by atoms with E-state index in [1.165, 1.54) is 0 Å². The van der Waals surface area contributed by atoms with Gasteiger partial charge in [-0.1, -0.05) is 6.07 Å². The largest absolute Gasteiger partial charge is 0.507 e. The Bertz CT molecular complexity index is 603. The lowest BCUT2D eigenvalue weighted by molar-refractivity contribution is -0.142. The van der Waals surface area contributed by atoms with E-state index in [1.807, 2.05) is 13.0 Å². The second kappa shape index (κ2) is 6.58. The Balaban J connectivity index is 1.60. The van der Waals surface area contributed by atoms with Gasteiger partial charge in [0.05, 0.1) is 5.56 Å². The number of rotatable bonds is 2. The molecule has 124 valence electrons. The van der Waals surface area contributed by atoms with E-state index < -0.39 is 0 Å². The first-order chi connectivity index (χ1) is 11.1. The lowest BCUT2D eigenvalue weighted by Crippen LogP contribution is -2.52. The molecule has 0 spiro atoms. The van der Waals surface area contributed by atoms with Crippen LogP contribution in [0.25, 0.3) is 0 Å². The smallest absolute Gasteiger partial charge is 0.257 e. The molecule has 0 saturated carbocycles. The molecule has 0 aliphatic carbocycles. The summed E-state index contributed by atoms with van der Waals surface area (Å²) in [6.45, 7) is 4.49. The molecular formula is C17H22N2O4. The average Bonchev–Trinajstić information content (AvgIpc) is 3.08. The van der Waals surface area contributed by atoms with E-state index in [-0.39, 0.29) is 23.7 Å². The SMILES string of the molecule is Cc1ccc(C(=O)N2CCN(C(=O)C3CCCO3)CC2)c(O)c1. The van der Waals surface area contributed by atoms with Gasteiger partial charge in [0.1, 0.15) is 11.9 Å². The molecule has 1 unspecified atom stereocenters. The fourth-order valence-electron chi connectivity index (χ4n) is 3.10. The molecule has 2 aliphatic heterocycles. The van der Waals surface area contributed by atoms with Crippen LogP contribution in [0, 0.1) is 6.92 Å². The van der Waals surface area contributed by atoms with E-state index in [2.05, 4.69) is 0 Å². The fraction of sp³-hybridized carbons (Fsp3) is 0.529. The Labute approximate surface area is 135 Å². The summed E-state index contributed by atoms with van der Waals surface area (Å²) in [5.74, 6) is -0.146. The molecule has 2 heterocycles. The minimum atomic E-state index is -0.307. The number of phenols is 1. The quantitative estimate of drug-likeness (QED) is 0.888. The Morgan fingerprint density at radius 2 is 1.87 bits per heavy atom. The number of piperazine rings is 1. The number of phenolic OH excluding ortho intramolecular Hbond substituents is 1. The first-order valence-electron chi connectivity index (χ1n) is 8.05. The van der Waals surface area contributed by atoms with E-state index in [0.717, 1.165) is 18.4 Å². The standard InChI is InChI=1S/C17H22N2O4/c1-12-4-5-13(14(20)11-12)16(21)18-6-8-19(9-7-18)17(22)15-3-2-10-23-15/h4-5,11,15,20H,2-3,6-10H2,1H3. The molecule has 2 saturated heterocycles. The van der Waals surface area contributed by atoms with Crippen LogP contribution >= 0.6 is 0 Å². The van der Waals surface area contributed by atoms with Crippen LogP contribution in [-0.4, -0.2) is 65.6 Å². The number of aromatic hydroxyl groups is 1. The summed E-state index contributed by atoms with van der Waals surface area (Å²) in [5.41, 5.74) is 1.22. The van der Waals surface area contributed by atoms with Crippen molar-refractivity contribution in [2.45, 2.75) is 25.9 Å². The predicted octanol–water partition coefficient (Wildman–Crippen LogP) is 1.16. The lowest BCUT2D eigenvalue weighted by atomic mass is 10.1. The summed E-state index contributed by atoms with van der Waals surface area (Å²) >= 11 is 0. The molecule has 1 N–H and O–H groups in total. The maximum Gasteiger partial charge on any atom is 0.257 e. The summed E-state index contributed by atoms with van der Waals surface area (Å²) in [7, 11) is 0. The van der Waals surface area contributed by atoms with Crippen molar-refractivity contribution in [3.8, 4) is 5.75 Å². The van der Waals surface area contributed by atoms with Gasteiger partial charge in [0.25, 0.3) is 11.8 Å². The van der Waals surface area contributed by atoms with Crippen LogP contribution in [0.15, 0.2) is 18.2 Å². The number of carbonyl (C=O) groups is 2. The van der Waals surface area contributed by atoms with Crippen LogP contribution in [0.3, 0.4) is 0 Å². The van der Waals surface area contributed by atoms with Gasteiger partial charge in [-0.25, -0.2) is 0 Å². The van der Waals surface area contributed by atoms with Gasteiger partial charge in [-0.2, -0.15) is 0 Å². The Hall–Kier alpha value is -2.08. The molecule has 0 aromatic heterocycles. The van der Waals surface area contributed by atoms with Gasteiger partial charge in [0, 0.05) is 32.8 Å². The van der Waals surface area contributed by atoms with Gasteiger partial charge < -0.3 is 19.6 Å². The molecule has 2 aliphatic rings. The normalized spacial score (nSPS) is 21.5. The number of hydrogen-bond acceptors (Lipinski definition) is 4. The van der Waals surface area contributed by atoms with Crippen LogP contribution in [-0.2, 0) is 9.53 Å².